The Morgan fingerprint density at radius 2 is 2.05 bits per heavy atom. The molecule has 21 heavy (non-hydrogen) atoms. The van der Waals surface area contributed by atoms with Crippen LogP contribution in [-0.2, 0) is 20.9 Å². The van der Waals surface area contributed by atoms with Crippen molar-refractivity contribution in [1.29, 1.82) is 0 Å². The Kier molecular flexibility index (Phi) is 5.16. The Morgan fingerprint density at radius 3 is 2.67 bits per heavy atom. The van der Waals surface area contributed by atoms with Gasteiger partial charge in [0.15, 0.2) is 0 Å². The van der Waals surface area contributed by atoms with Gasteiger partial charge in [-0.05, 0) is 5.56 Å². The standard InChI is InChI=1S/C15H19NO5/c1-11(18)21-14-7-13(9-17)16(8-14)15(19)20-10-12-5-3-2-4-6-12/h2-6,13-14,17H,7-10H2,1H3. The molecule has 0 aliphatic carbocycles. The number of carbonyl (C=O) groups is 2. The first-order chi connectivity index (χ1) is 10.1. The van der Waals surface area contributed by atoms with Gasteiger partial charge in [0.1, 0.15) is 12.7 Å². The maximum absolute atomic E-state index is 12.1. The molecule has 1 amide bonds. The van der Waals surface area contributed by atoms with E-state index in [4.69, 9.17) is 9.47 Å². The fraction of sp³-hybridized carbons (Fsp3) is 0.467. The summed E-state index contributed by atoms with van der Waals surface area (Å²) in [6.07, 6.45) is -0.465. The van der Waals surface area contributed by atoms with Crippen molar-refractivity contribution in [2.75, 3.05) is 13.2 Å². The zero-order chi connectivity index (χ0) is 15.2. The number of aliphatic hydroxyl groups is 1. The molecule has 1 aromatic carbocycles. The summed E-state index contributed by atoms with van der Waals surface area (Å²) in [4.78, 5) is 24.4. The maximum atomic E-state index is 12.1. The summed E-state index contributed by atoms with van der Waals surface area (Å²) in [5.74, 6) is -0.392. The molecule has 0 radical (unpaired) electrons. The lowest BCUT2D eigenvalue weighted by Crippen LogP contribution is -2.38. The third kappa shape index (κ3) is 4.19. The highest BCUT2D eigenvalue weighted by atomic mass is 16.6. The Labute approximate surface area is 123 Å². The van der Waals surface area contributed by atoms with Crippen LogP contribution in [0.15, 0.2) is 30.3 Å². The SMILES string of the molecule is CC(=O)OC1CC(CO)N(C(=O)OCc2ccccc2)C1. The van der Waals surface area contributed by atoms with Crippen LogP contribution in [-0.4, -0.2) is 47.4 Å². The van der Waals surface area contributed by atoms with Crippen molar-refractivity contribution in [2.24, 2.45) is 0 Å². The fourth-order valence-corrected chi connectivity index (χ4v) is 2.39. The molecule has 0 spiro atoms. The molecule has 6 nitrogen and oxygen atoms in total. The minimum absolute atomic E-state index is 0.173. The van der Waals surface area contributed by atoms with Crippen molar-refractivity contribution in [3.8, 4) is 0 Å². The van der Waals surface area contributed by atoms with Gasteiger partial charge in [-0.2, -0.15) is 0 Å². The van der Waals surface area contributed by atoms with Crippen LogP contribution in [0.2, 0.25) is 0 Å². The predicted octanol–water partition coefficient (Wildman–Crippen LogP) is 1.32. The van der Waals surface area contributed by atoms with Gasteiger partial charge in [0.05, 0.1) is 19.2 Å². The molecule has 1 saturated heterocycles. The normalized spacial score (nSPS) is 21.1. The van der Waals surface area contributed by atoms with E-state index >= 15 is 0 Å². The molecule has 114 valence electrons. The van der Waals surface area contributed by atoms with Crippen LogP contribution in [0.25, 0.3) is 0 Å². The van der Waals surface area contributed by atoms with Gasteiger partial charge in [-0.25, -0.2) is 4.79 Å². The van der Waals surface area contributed by atoms with Gasteiger partial charge in [-0.15, -0.1) is 0 Å². The quantitative estimate of drug-likeness (QED) is 0.847. The van der Waals surface area contributed by atoms with Gasteiger partial charge >= 0.3 is 12.1 Å². The first-order valence-corrected chi connectivity index (χ1v) is 6.85. The van der Waals surface area contributed by atoms with Gasteiger partial charge in [-0.3, -0.25) is 9.69 Å². The van der Waals surface area contributed by atoms with Crippen LogP contribution in [0.3, 0.4) is 0 Å². The molecule has 0 aromatic heterocycles. The summed E-state index contributed by atoms with van der Waals surface area (Å²) in [5, 5.41) is 9.33. The minimum atomic E-state index is -0.507. The van der Waals surface area contributed by atoms with Crippen molar-refractivity contribution in [2.45, 2.75) is 32.1 Å². The Balaban J connectivity index is 1.90. The second-order valence-corrected chi connectivity index (χ2v) is 5.00. The molecule has 1 aliphatic heterocycles. The second kappa shape index (κ2) is 7.08. The van der Waals surface area contributed by atoms with Crippen LogP contribution in [0.4, 0.5) is 4.79 Å². The largest absolute Gasteiger partial charge is 0.461 e. The average Bonchev–Trinajstić information content (AvgIpc) is 2.88. The number of aliphatic hydroxyl groups excluding tert-OH is 1. The molecule has 2 atom stereocenters. The number of likely N-dealkylation sites (tertiary alicyclic amines) is 1. The number of hydrogen-bond acceptors (Lipinski definition) is 5. The van der Waals surface area contributed by atoms with Crippen molar-refractivity contribution in [1.82, 2.24) is 4.90 Å². The monoisotopic (exact) mass is 293 g/mol. The van der Waals surface area contributed by atoms with E-state index in [2.05, 4.69) is 0 Å². The van der Waals surface area contributed by atoms with Crippen LogP contribution in [0.5, 0.6) is 0 Å². The van der Waals surface area contributed by atoms with E-state index in [1.54, 1.807) is 0 Å². The van der Waals surface area contributed by atoms with Gasteiger partial charge in [0.25, 0.3) is 0 Å². The van der Waals surface area contributed by atoms with Gasteiger partial charge in [0.2, 0.25) is 0 Å². The van der Waals surface area contributed by atoms with Gasteiger partial charge < -0.3 is 14.6 Å². The lowest BCUT2D eigenvalue weighted by Gasteiger charge is -2.21. The van der Waals surface area contributed by atoms with Crippen LogP contribution in [0, 0.1) is 0 Å². The molecular weight excluding hydrogens is 274 g/mol. The molecule has 6 heteroatoms. The van der Waals surface area contributed by atoms with Crippen molar-refractivity contribution in [3.63, 3.8) is 0 Å². The first kappa shape index (κ1) is 15.3. The Bertz CT molecular complexity index is 490. The number of ether oxygens (including phenoxy) is 2. The Morgan fingerprint density at radius 1 is 1.33 bits per heavy atom. The predicted molar refractivity (Wildman–Crippen MR) is 74.4 cm³/mol. The first-order valence-electron chi connectivity index (χ1n) is 6.85. The molecule has 2 unspecified atom stereocenters. The smallest absolute Gasteiger partial charge is 0.410 e. The highest BCUT2D eigenvalue weighted by molar-refractivity contribution is 5.69. The zero-order valence-corrected chi connectivity index (χ0v) is 11.9. The molecule has 1 heterocycles. The number of nitrogens with zero attached hydrogens (tertiary/aromatic N) is 1. The molecule has 0 bridgehead atoms. The number of carbonyl (C=O) groups excluding carboxylic acids is 2. The van der Waals surface area contributed by atoms with E-state index < -0.39 is 12.1 Å². The summed E-state index contributed by atoms with van der Waals surface area (Å²) in [5.41, 5.74) is 0.891. The molecule has 1 aromatic rings. The number of rotatable bonds is 4. The van der Waals surface area contributed by atoms with E-state index in [-0.39, 0.29) is 31.9 Å². The fourth-order valence-electron chi connectivity index (χ4n) is 2.39. The Hall–Kier alpha value is -2.08. The van der Waals surface area contributed by atoms with E-state index in [1.807, 2.05) is 30.3 Å². The third-order valence-electron chi connectivity index (χ3n) is 3.36. The molecule has 2 rings (SSSR count). The van der Waals surface area contributed by atoms with E-state index in [9.17, 15) is 14.7 Å². The molecule has 1 fully saturated rings. The number of esters is 1. The summed E-state index contributed by atoms with van der Waals surface area (Å²) in [6, 6.07) is 8.97. The van der Waals surface area contributed by atoms with E-state index in [0.29, 0.717) is 6.42 Å². The van der Waals surface area contributed by atoms with Crippen molar-refractivity contribution >= 4 is 12.1 Å². The highest BCUT2D eigenvalue weighted by Crippen LogP contribution is 2.21. The maximum Gasteiger partial charge on any atom is 0.410 e. The summed E-state index contributed by atoms with van der Waals surface area (Å²) in [7, 11) is 0. The van der Waals surface area contributed by atoms with E-state index in [0.717, 1.165) is 5.56 Å². The summed E-state index contributed by atoms with van der Waals surface area (Å²) < 4.78 is 10.3. The lowest BCUT2D eigenvalue weighted by molar-refractivity contribution is -0.145. The minimum Gasteiger partial charge on any atom is -0.461 e. The molecule has 0 saturated carbocycles. The van der Waals surface area contributed by atoms with Crippen LogP contribution >= 0.6 is 0 Å². The third-order valence-corrected chi connectivity index (χ3v) is 3.36. The summed E-state index contributed by atoms with van der Waals surface area (Å²) >= 11 is 0. The van der Waals surface area contributed by atoms with Crippen LogP contribution in [0.1, 0.15) is 18.9 Å². The summed E-state index contributed by atoms with van der Waals surface area (Å²) in [6.45, 7) is 1.56. The van der Waals surface area contributed by atoms with Crippen molar-refractivity contribution in [3.05, 3.63) is 35.9 Å². The number of amides is 1. The van der Waals surface area contributed by atoms with Gasteiger partial charge in [-0.1, -0.05) is 30.3 Å². The van der Waals surface area contributed by atoms with E-state index in [1.165, 1.54) is 11.8 Å². The lowest BCUT2D eigenvalue weighted by atomic mass is 10.2. The molecular formula is C15H19NO5. The molecule has 1 N–H and O–H groups in total. The average molecular weight is 293 g/mol. The number of benzene rings is 1. The highest BCUT2D eigenvalue weighted by Gasteiger charge is 2.37. The zero-order valence-electron chi connectivity index (χ0n) is 11.9. The van der Waals surface area contributed by atoms with Crippen molar-refractivity contribution < 1.29 is 24.2 Å². The molecule has 1 aliphatic rings. The second-order valence-electron chi connectivity index (χ2n) is 5.00. The topological polar surface area (TPSA) is 76.1 Å². The van der Waals surface area contributed by atoms with Crippen LogP contribution < -0.4 is 0 Å². The number of hydrogen-bond donors (Lipinski definition) is 1. The van der Waals surface area contributed by atoms with Gasteiger partial charge in [0, 0.05) is 13.3 Å².